The van der Waals surface area contributed by atoms with Crippen LogP contribution in [0.25, 0.3) is 0 Å². The van der Waals surface area contributed by atoms with E-state index in [1.54, 1.807) is 0 Å². The van der Waals surface area contributed by atoms with E-state index in [1.165, 1.54) is 5.54 Å². The largest absolute Gasteiger partial charge is 0.306 e. The van der Waals surface area contributed by atoms with Gasteiger partial charge in [-0.3, -0.25) is 0 Å². The number of halogens is 2. The van der Waals surface area contributed by atoms with E-state index in [2.05, 4.69) is 24.4 Å². The van der Waals surface area contributed by atoms with E-state index in [9.17, 15) is 0 Å². The minimum absolute atomic E-state index is 0.189. The molecule has 0 aromatic rings. The molecular weight excluding hydrogens is 205 g/mol. The molecule has 1 unspecified atom stereocenters. The molecule has 1 aliphatic rings. The zero-order valence-corrected chi connectivity index (χ0v) is 9.33. The molecule has 1 atom stereocenters. The lowest BCUT2D eigenvalue weighted by molar-refractivity contribution is 0.339. The molecule has 0 amide bonds. The summed E-state index contributed by atoms with van der Waals surface area (Å²) in [6, 6.07) is 0. The van der Waals surface area contributed by atoms with Gasteiger partial charge in [0.25, 0.3) is 0 Å². The van der Waals surface area contributed by atoms with Crippen LogP contribution < -0.4 is 5.32 Å². The molecule has 0 radical (unpaired) electrons. The van der Waals surface area contributed by atoms with Crippen molar-refractivity contribution >= 4 is 23.2 Å². The summed E-state index contributed by atoms with van der Waals surface area (Å²) in [6.45, 7) is 2.88. The first-order chi connectivity index (χ1) is 6.16. The van der Waals surface area contributed by atoms with Gasteiger partial charge < -0.3 is 5.32 Å². The van der Waals surface area contributed by atoms with Crippen LogP contribution in [-0.2, 0) is 0 Å². The van der Waals surface area contributed by atoms with Crippen molar-refractivity contribution in [3.05, 3.63) is 22.7 Å². The molecule has 13 heavy (non-hydrogen) atoms. The lowest BCUT2D eigenvalue weighted by Gasteiger charge is -2.32. The average Bonchev–Trinajstić information content (AvgIpc) is 2.15. The maximum absolute atomic E-state index is 5.80. The van der Waals surface area contributed by atoms with Crippen LogP contribution in [0.5, 0.6) is 0 Å². The molecule has 0 fully saturated rings. The Hall–Kier alpha value is 0.0200. The summed E-state index contributed by atoms with van der Waals surface area (Å²) in [5.74, 6) is 0. The van der Waals surface area contributed by atoms with Gasteiger partial charge in [-0.15, -0.1) is 0 Å². The highest BCUT2D eigenvalue weighted by Crippen LogP contribution is 2.23. The van der Waals surface area contributed by atoms with E-state index in [0.29, 0.717) is 11.6 Å². The molecule has 0 bridgehead atoms. The Labute approximate surface area is 89.8 Å². The normalized spacial score (nSPS) is 29.3. The summed E-state index contributed by atoms with van der Waals surface area (Å²) in [5.41, 5.74) is 1.60. The maximum atomic E-state index is 5.80. The second kappa shape index (κ2) is 5.04. The van der Waals surface area contributed by atoms with E-state index >= 15 is 0 Å². The zero-order valence-electron chi connectivity index (χ0n) is 7.82. The second-order valence-corrected chi connectivity index (χ2v) is 4.39. The molecule has 1 aliphatic carbocycles. The summed E-state index contributed by atoms with van der Waals surface area (Å²) in [6.07, 6.45) is 7.82. The van der Waals surface area contributed by atoms with Gasteiger partial charge in [-0.25, -0.2) is 0 Å². The minimum Gasteiger partial charge on any atom is -0.306 e. The molecule has 0 aliphatic heterocycles. The van der Waals surface area contributed by atoms with Crippen molar-refractivity contribution in [3.8, 4) is 0 Å². The number of nitrogens with one attached hydrogen (secondary N) is 1. The van der Waals surface area contributed by atoms with Gasteiger partial charge in [0.2, 0.25) is 0 Å². The lowest BCUT2D eigenvalue weighted by atomic mass is 9.88. The number of allylic oxidation sites excluding steroid dienone is 1. The van der Waals surface area contributed by atoms with Crippen molar-refractivity contribution in [2.24, 2.45) is 0 Å². The van der Waals surface area contributed by atoms with Crippen LogP contribution in [0.4, 0.5) is 0 Å². The smallest absolute Gasteiger partial charge is 0.0432 e. The van der Waals surface area contributed by atoms with Crippen LogP contribution in [0.1, 0.15) is 26.2 Å². The first kappa shape index (κ1) is 11.1. The Morgan fingerprint density at radius 2 is 2.38 bits per heavy atom. The first-order valence-electron chi connectivity index (χ1n) is 4.51. The third kappa shape index (κ3) is 3.72. The van der Waals surface area contributed by atoms with Crippen molar-refractivity contribution in [3.63, 3.8) is 0 Å². The number of hydrogen-bond acceptors (Lipinski definition) is 1. The average molecular weight is 220 g/mol. The molecule has 0 spiro atoms. The molecule has 0 heterocycles. The molecule has 1 N–H and O–H groups in total. The predicted molar refractivity (Wildman–Crippen MR) is 59.2 cm³/mol. The molecule has 74 valence electrons. The molecule has 1 nitrogen and oxygen atoms in total. The van der Waals surface area contributed by atoms with Crippen molar-refractivity contribution < 1.29 is 0 Å². The fourth-order valence-corrected chi connectivity index (χ4v) is 1.61. The van der Waals surface area contributed by atoms with Crippen molar-refractivity contribution in [2.45, 2.75) is 31.7 Å². The molecule has 1 rings (SSSR count). The third-order valence-electron chi connectivity index (χ3n) is 2.40. The van der Waals surface area contributed by atoms with Crippen LogP contribution in [0, 0.1) is 0 Å². The molecule has 0 aromatic heterocycles. The summed E-state index contributed by atoms with van der Waals surface area (Å²) < 4.78 is 0. The van der Waals surface area contributed by atoms with E-state index in [1.807, 2.05) is 0 Å². The highest BCUT2D eigenvalue weighted by atomic mass is 35.5. The Morgan fingerprint density at radius 1 is 1.62 bits per heavy atom. The summed E-state index contributed by atoms with van der Waals surface area (Å²) in [7, 11) is 0. The number of hydrogen-bond donors (Lipinski definition) is 1. The van der Waals surface area contributed by atoms with Crippen molar-refractivity contribution in [1.82, 2.24) is 5.32 Å². The maximum Gasteiger partial charge on any atom is 0.0432 e. The van der Waals surface area contributed by atoms with E-state index in [-0.39, 0.29) is 5.54 Å². The van der Waals surface area contributed by atoms with Crippen LogP contribution >= 0.6 is 23.2 Å². The lowest BCUT2D eigenvalue weighted by Crippen LogP contribution is -2.43. The van der Waals surface area contributed by atoms with Crippen molar-refractivity contribution in [2.75, 3.05) is 6.54 Å². The standard InChI is InChI=1S/C10H15Cl2N/c1-10(5-3-2-4-6-10)13-8-9(12)7-11/h2-3,7,13H,4-6,8H2,1H3/b9-7-. The van der Waals surface area contributed by atoms with Crippen LogP contribution in [-0.4, -0.2) is 12.1 Å². The quantitative estimate of drug-likeness (QED) is 0.719. The molecule has 0 saturated heterocycles. The van der Waals surface area contributed by atoms with Gasteiger partial charge in [0.15, 0.2) is 0 Å². The summed E-state index contributed by atoms with van der Waals surface area (Å²) >= 11 is 11.3. The van der Waals surface area contributed by atoms with Crippen LogP contribution in [0.3, 0.4) is 0 Å². The van der Waals surface area contributed by atoms with Gasteiger partial charge in [0.05, 0.1) is 0 Å². The van der Waals surface area contributed by atoms with Gasteiger partial charge in [-0.1, -0.05) is 35.4 Å². The Morgan fingerprint density at radius 3 is 2.92 bits per heavy atom. The van der Waals surface area contributed by atoms with E-state index < -0.39 is 0 Å². The highest BCUT2D eigenvalue weighted by Gasteiger charge is 2.23. The van der Waals surface area contributed by atoms with Crippen molar-refractivity contribution in [1.29, 1.82) is 0 Å². The fraction of sp³-hybridized carbons (Fsp3) is 0.600. The Balaban J connectivity index is 2.38. The zero-order chi connectivity index (χ0) is 9.73. The van der Waals surface area contributed by atoms with Gasteiger partial charge in [0, 0.05) is 22.7 Å². The molecular formula is C10H15Cl2N. The van der Waals surface area contributed by atoms with Crippen LogP contribution in [0.2, 0.25) is 0 Å². The highest BCUT2D eigenvalue weighted by molar-refractivity contribution is 6.36. The van der Waals surface area contributed by atoms with Gasteiger partial charge >= 0.3 is 0 Å². The fourth-order valence-electron chi connectivity index (χ4n) is 1.46. The molecule has 3 heteroatoms. The third-order valence-corrected chi connectivity index (χ3v) is 3.02. The molecule has 0 aromatic carbocycles. The van der Waals surface area contributed by atoms with Gasteiger partial charge in [-0.05, 0) is 26.2 Å². The van der Waals surface area contributed by atoms with Gasteiger partial charge in [0.1, 0.15) is 0 Å². The van der Waals surface area contributed by atoms with Gasteiger partial charge in [-0.2, -0.15) is 0 Å². The second-order valence-electron chi connectivity index (χ2n) is 3.68. The number of rotatable bonds is 3. The summed E-state index contributed by atoms with van der Waals surface area (Å²) in [4.78, 5) is 0. The Kier molecular flexibility index (Phi) is 4.30. The SMILES string of the molecule is CC1(NC/C(Cl)=C/Cl)CC=CCC1. The predicted octanol–water partition coefficient (Wildman–Crippen LogP) is 3.39. The monoisotopic (exact) mass is 219 g/mol. The van der Waals surface area contributed by atoms with E-state index in [0.717, 1.165) is 19.3 Å². The van der Waals surface area contributed by atoms with E-state index in [4.69, 9.17) is 23.2 Å². The first-order valence-corrected chi connectivity index (χ1v) is 5.32. The molecule has 0 saturated carbocycles. The summed E-state index contributed by atoms with van der Waals surface area (Å²) in [5, 5.41) is 4.08. The minimum atomic E-state index is 0.189. The van der Waals surface area contributed by atoms with Crippen LogP contribution in [0.15, 0.2) is 22.7 Å². The Bertz CT molecular complexity index is 223. The topological polar surface area (TPSA) is 12.0 Å².